The zero-order valence-electron chi connectivity index (χ0n) is 6.46. The molecule has 68 valence electrons. The monoisotopic (exact) mass is 416 g/mol. The first-order valence-electron chi connectivity index (χ1n) is 3.21. The summed E-state index contributed by atoms with van der Waals surface area (Å²) in [5, 5.41) is 0. The molecule has 2 aliphatic rings. The quantitative estimate of drug-likeness (QED) is 0.436. The Hall–Kier alpha value is 1.40. The van der Waals surface area contributed by atoms with Crippen molar-refractivity contribution in [1.82, 2.24) is 8.47 Å². The number of allylic oxidation sites excluding steroid dienone is 2. The first kappa shape index (κ1) is 14.4. The van der Waals surface area contributed by atoms with Crippen molar-refractivity contribution in [2.45, 2.75) is 0 Å². The fraction of sp³-hybridized carbons (Fsp3) is 0. The molecule has 0 spiro atoms. The standard InChI is InChI=1S/2C3H3AsN.2ClH.Zr/c2*1-2-4-5-3-1;;;/h2*1-2,5H;2*1H;/q;;;;+2/p-2. The maximum absolute atomic E-state index is 3.47. The number of nitrogens with one attached hydrogen (secondary N) is 2. The Balaban J connectivity index is 0.000000720. The Morgan fingerprint density at radius 3 is 1.69 bits per heavy atom. The minimum atomic E-state index is -0.425. The third-order valence-electron chi connectivity index (χ3n) is 1.27. The summed E-state index contributed by atoms with van der Waals surface area (Å²) in [5.41, 5.74) is 0. The van der Waals surface area contributed by atoms with E-state index < -0.39 is 23.2 Å². The minimum Gasteiger partial charge on any atom is -1.00 e. The molecule has 0 radical (unpaired) electrons. The molecular weight excluding hydrogens is 412 g/mol. The Bertz CT molecular complexity index is 260. The molecule has 13 heavy (non-hydrogen) atoms. The van der Waals surface area contributed by atoms with Crippen LogP contribution < -0.4 is 33.3 Å². The molecule has 0 unspecified atom stereocenters. The largest absolute Gasteiger partial charge is 1.00 e. The molecule has 2 heterocycles. The maximum atomic E-state index is 3.47. The third kappa shape index (κ3) is 4.63. The van der Waals surface area contributed by atoms with E-state index in [9.17, 15) is 0 Å². The van der Waals surface area contributed by atoms with E-state index in [1.165, 1.54) is 0 Å². The van der Waals surface area contributed by atoms with Crippen LogP contribution in [0.25, 0.3) is 0 Å². The predicted molar refractivity (Wildman–Crippen MR) is 46.1 cm³/mol. The number of hydrogen-bond donors (Lipinski definition) is 2. The summed E-state index contributed by atoms with van der Waals surface area (Å²) < 4.78 is 10.0. The van der Waals surface area contributed by atoms with Crippen LogP contribution in [0.4, 0.5) is 0 Å². The fourth-order valence-corrected chi connectivity index (χ4v) is 9.28. The van der Waals surface area contributed by atoms with E-state index in [1.807, 2.05) is 0 Å². The fourth-order valence-electron chi connectivity index (χ4n) is 0.796. The zero-order chi connectivity index (χ0) is 7.52. The van der Waals surface area contributed by atoms with Crippen molar-refractivity contribution in [3.8, 4) is 0 Å². The van der Waals surface area contributed by atoms with Crippen molar-refractivity contribution in [2.75, 3.05) is 0 Å². The van der Waals surface area contributed by atoms with E-state index in [2.05, 4.69) is 30.2 Å². The molecule has 2 N–H and O–H groups in total. The zero-order valence-corrected chi connectivity index (χ0v) is 14.2. The maximum Gasteiger partial charge on any atom is -1.00 e. The Labute approximate surface area is 115 Å². The van der Waals surface area contributed by atoms with E-state index in [1.54, 1.807) is 6.81 Å². The first-order valence-corrected chi connectivity index (χ1v) is 9.71. The van der Waals surface area contributed by atoms with Gasteiger partial charge < -0.3 is 24.8 Å². The van der Waals surface area contributed by atoms with Gasteiger partial charge in [0.1, 0.15) is 0 Å². The average molecular weight is 418 g/mol. The molecule has 2 rings (SSSR count). The average Bonchev–Trinajstić information content (AvgIpc) is 2.60. The molecule has 0 amide bonds. The first-order chi connectivity index (χ1) is 5.45. The van der Waals surface area contributed by atoms with Gasteiger partial charge in [-0.2, -0.15) is 0 Å². The second-order valence-electron chi connectivity index (χ2n) is 2.07. The van der Waals surface area contributed by atoms with Crippen LogP contribution in [-0.4, -0.2) is 40.7 Å². The third-order valence-corrected chi connectivity index (χ3v) is 9.07. The van der Waals surface area contributed by atoms with Crippen molar-refractivity contribution in [3.63, 3.8) is 0 Å². The number of rotatable bonds is 2. The van der Waals surface area contributed by atoms with Crippen LogP contribution in [0.3, 0.4) is 0 Å². The van der Waals surface area contributed by atoms with Gasteiger partial charge in [-0.15, -0.1) is 0 Å². The number of hydrogen-bond acceptors (Lipinski definition) is 2. The Kier molecular flexibility index (Phi) is 8.49. The van der Waals surface area contributed by atoms with Gasteiger partial charge >= 0.3 is 91.3 Å². The van der Waals surface area contributed by atoms with Crippen molar-refractivity contribution >= 4 is 40.7 Å². The molecular formula is C6H6As2Cl2N2Zr. The van der Waals surface area contributed by atoms with Crippen molar-refractivity contribution in [2.24, 2.45) is 0 Å². The molecule has 0 fully saturated rings. The van der Waals surface area contributed by atoms with Crippen LogP contribution in [0.1, 0.15) is 0 Å². The topological polar surface area (TPSA) is 24.1 Å². The van der Waals surface area contributed by atoms with Gasteiger partial charge in [-0.25, -0.2) is 0 Å². The van der Waals surface area contributed by atoms with Crippen molar-refractivity contribution < 1.29 is 48.0 Å². The van der Waals surface area contributed by atoms with Gasteiger partial charge in [-0.05, 0) is 0 Å². The summed E-state index contributed by atoms with van der Waals surface area (Å²) in [4.78, 5) is 4.58. The van der Waals surface area contributed by atoms with Crippen LogP contribution in [0.15, 0.2) is 19.0 Å². The number of halogens is 2. The second kappa shape index (κ2) is 7.66. The molecule has 0 bridgehead atoms. The predicted octanol–water partition coefficient (Wildman–Crippen LogP) is -7.19. The molecule has 0 aliphatic carbocycles. The Morgan fingerprint density at radius 2 is 1.38 bits per heavy atom. The molecule has 0 saturated heterocycles. The molecule has 0 saturated carbocycles. The molecule has 7 heteroatoms. The molecule has 0 aromatic rings. The summed E-state index contributed by atoms with van der Waals surface area (Å²) >= 11 is 0.220. The van der Waals surface area contributed by atoms with Gasteiger partial charge in [0.15, 0.2) is 0 Å². The van der Waals surface area contributed by atoms with Gasteiger partial charge in [0.05, 0.1) is 0 Å². The molecule has 0 atom stereocenters. The van der Waals surface area contributed by atoms with Gasteiger partial charge in [-0.1, -0.05) is 0 Å². The molecule has 2 aliphatic heterocycles. The smallest absolute Gasteiger partial charge is 1.00 e. The van der Waals surface area contributed by atoms with E-state index in [4.69, 9.17) is 0 Å². The van der Waals surface area contributed by atoms with Crippen LogP contribution in [0.2, 0.25) is 0 Å². The van der Waals surface area contributed by atoms with Gasteiger partial charge in [0, 0.05) is 0 Å². The second-order valence-corrected chi connectivity index (χ2v) is 8.60. The summed E-state index contributed by atoms with van der Waals surface area (Å²) in [6, 6.07) is 0. The van der Waals surface area contributed by atoms with Crippen LogP contribution in [0, 0.1) is 0 Å². The van der Waals surface area contributed by atoms with Gasteiger partial charge in [0.25, 0.3) is 0 Å². The van der Waals surface area contributed by atoms with Crippen molar-refractivity contribution in [3.05, 3.63) is 19.0 Å². The van der Waals surface area contributed by atoms with Crippen LogP contribution in [-0.2, 0) is 23.2 Å². The van der Waals surface area contributed by atoms with Gasteiger partial charge in [-0.3, -0.25) is 0 Å². The van der Waals surface area contributed by atoms with Crippen molar-refractivity contribution in [1.29, 1.82) is 0 Å². The van der Waals surface area contributed by atoms with E-state index in [0.717, 1.165) is 0 Å². The van der Waals surface area contributed by atoms with E-state index in [-0.39, 0.29) is 24.8 Å². The Morgan fingerprint density at radius 1 is 0.923 bits per heavy atom. The van der Waals surface area contributed by atoms with Gasteiger partial charge in [0.2, 0.25) is 0 Å². The molecule has 0 aromatic carbocycles. The van der Waals surface area contributed by atoms with E-state index >= 15 is 0 Å². The molecule has 2 nitrogen and oxygen atoms in total. The SMILES string of the molecule is C1=[As]N[C]([Zr+2][C]2=CC=[As]N2)=C1.[Cl-].[Cl-]. The summed E-state index contributed by atoms with van der Waals surface area (Å²) in [6.07, 6.45) is 4.56. The minimum absolute atomic E-state index is 0. The summed E-state index contributed by atoms with van der Waals surface area (Å²) in [7, 11) is 0. The van der Waals surface area contributed by atoms with Crippen LogP contribution in [0.5, 0.6) is 0 Å². The summed E-state index contributed by atoms with van der Waals surface area (Å²) in [6.45, 7) is 0. The normalized spacial score (nSPS) is 18.2. The molecule has 0 aromatic heterocycles. The van der Waals surface area contributed by atoms with E-state index in [0.29, 0.717) is 31.1 Å². The summed E-state index contributed by atoms with van der Waals surface area (Å²) in [5.74, 6) is 0. The van der Waals surface area contributed by atoms with Crippen LogP contribution >= 0.6 is 0 Å².